The predicted octanol–water partition coefficient (Wildman–Crippen LogP) is 2.88. The maximum Gasteiger partial charge on any atom is 0.243 e. The molecule has 4 rings (SSSR count). The Kier molecular flexibility index (Phi) is 6.05. The van der Waals surface area contributed by atoms with Gasteiger partial charge in [-0.05, 0) is 55.3 Å². The van der Waals surface area contributed by atoms with E-state index < -0.39 is 19.9 Å². The van der Waals surface area contributed by atoms with Gasteiger partial charge in [-0.1, -0.05) is 11.3 Å². The van der Waals surface area contributed by atoms with Crippen molar-refractivity contribution in [2.45, 2.75) is 22.6 Å². The number of thiazole rings is 1. The number of rotatable bonds is 5. The SMILES string of the molecule is CS(=O)(=O)c1ccc(S(=O)(=O)N2CCC(C(=O)Nc3nc4ccc(F)cc4s3)CC2)cc1. The van der Waals surface area contributed by atoms with E-state index in [1.165, 1.54) is 52.0 Å². The molecule has 3 aromatic rings. The van der Waals surface area contributed by atoms with Crippen LogP contribution in [0.15, 0.2) is 52.3 Å². The zero-order valence-corrected chi connectivity index (χ0v) is 19.4. The number of sulfone groups is 1. The number of piperidine rings is 1. The van der Waals surface area contributed by atoms with E-state index in [0.717, 1.165) is 6.26 Å². The number of hydrogen-bond acceptors (Lipinski definition) is 7. The molecule has 1 saturated heterocycles. The van der Waals surface area contributed by atoms with Crippen molar-refractivity contribution in [1.29, 1.82) is 0 Å². The Labute approximate surface area is 189 Å². The van der Waals surface area contributed by atoms with Crippen molar-refractivity contribution in [3.63, 3.8) is 0 Å². The molecule has 1 aliphatic rings. The standard InChI is InChI=1S/C20H20FN3O5S3/c1-31(26,27)15-3-5-16(6-4-15)32(28,29)24-10-8-13(9-11-24)19(25)23-20-22-17-7-2-14(21)12-18(17)30-20/h2-7,12-13H,8-11H2,1H3,(H,22,23,25). The minimum Gasteiger partial charge on any atom is -0.302 e. The van der Waals surface area contributed by atoms with E-state index >= 15 is 0 Å². The Hall–Kier alpha value is -2.41. The summed E-state index contributed by atoms with van der Waals surface area (Å²) in [5, 5.41) is 3.12. The van der Waals surface area contributed by atoms with E-state index in [1.54, 1.807) is 6.07 Å². The second kappa shape index (κ2) is 8.50. The molecule has 32 heavy (non-hydrogen) atoms. The zero-order valence-electron chi connectivity index (χ0n) is 17.0. The van der Waals surface area contributed by atoms with Gasteiger partial charge in [-0.3, -0.25) is 4.79 Å². The number of benzene rings is 2. The van der Waals surface area contributed by atoms with Crippen LogP contribution in [0.2, 0.25) is 0 Å². The largest absolute Gasteiger partial charge is 0.302 e. The highest BCUT2D eigenvalue weighted by Gasteiger charge is 2.32. The lowest BCUT2D eigenvalue weighted by atomic mass is 9.97. The van der Waals surface area contributed by atoms with Gasteiger partial charge in [0.15, 0.2) is 15.0 Å². The number of nitrogens with zero attached hydrogens (tertiary/aromatic N) is 2. The average Bonchev–Trinajstić information content (AvgIpc) is 3.14. The van der Waals surface area contributed by atoms with Crippen LogP contribution in [0.1, 0.15) is 12.8 Å². The van der Waals surface area contributed by atoms with Crippen molar-refractivity contribution in [3.8, 4) is 0 Å². The summed E-state index contributed by atoms with van der Waals surface area (Å²) < 4.78 is 64.2. The van der Waals surface area contributed by atoms with Crippen LogP contribution in [0, 0.1) is 11.7 Å². The van der Waals surface area contributed by atoms with Crippen molar-refractivity contribution in [3.05, 3.63) is 48.3 Å². The molecule has 1 fully saturated rings. The van der Waals surface area contributed by atoms with Crippen LogP contribution in [0.3, 0.4) is 0 Å². The summed E-state index contributed by atoms with van der Waals surface area (Å²) in [6.45, 7) is 0.332. The molecular formula is C20H20FN3O5S3. The van der Waals surface area contributed by atoms with E-state index in [-0.39, 0.29) is 40.5 Å². The van der Waals surface area contributed by atoms with Crippen molar-refractivity contribution in [1.82, 2.24) is 9.29 Å². The second-order valence-electron chi connectivity index (χ2n) is 7.54. The Morgan fingerprint density at radius 3 is 2.31 bits per heavy atom. The van der Waals surface area contributed by atoms with Gasteiger partial charge in [-0.15, -0.1) is 0 Å². The van der Waals surface area contributed by atoms with E-state index in [4.69, 9.17) is 0 Å². The van der Waals surface area contributed by atoms with Crippen LogP contribution in [-0.4, -0.2) is 51.4 Å². The number of sulfonamides is 1. The minimum atomic E-state index is -3.79. The number of carbonyl (C=O) groups excluding carboxylic acids is 1. The first-order valence-electron chi connectivity index (χ1n) is 9.71. The summed E-state index contributed by atoms with van der Waals surface area (Å²) >= 11 is 1.18. The van der Waals surface area contributed by atoms with E-state index in [1.807, 2.05) is 0 Å². The highest BCUT2D eigenvalue weighted by atomic mass is 32.2. The topological polar surface area (TPSA) is 114 Å². The summed E-state index contributed by atoms with van der Waals surface area (Å²) in [5.74, 6) is -1.00. The van der Waals surface area contributed by atoms with Crippen molar-refractivity contribution >= 4 is 52.5 Å². The van der Waals surface area contributed by atoms with Crippen LogP contribution >= 0.6 is 11.3 Å². The fourth-order valence-corrected chi connectivity index (χ4v) is 6.52. The highest BCUT2D eigenvalue weighted by Crippen LogP contribution is 2.29. The van der Waals surface area contributed by atoms with Crippen LogP contribution in [0.4, 0.5) is 9.52 Å². The molecule has 8 nitrogen and oxygen atoms in total. The van der Waals surface area contributed by atoms with Gasteiger partial charge in [-0.2, -0.15) is 4.31 Å². The molecule has 0 bridgehead atoms. The molecule has 0 spiro atoms. The third kappa shape index (κ3) is 4.68. The Morgan fingerprint density at radius 1 is 1.06 bits per heavy atom. The number of aromatic nitrogens is 1. The molecular weight excluding hydrogens is 477 g/mol. The number of carbonyl (C=O) groups is 1. The molecule has 2 aromatic carbocycles. The average molecular weight is 498 g/mol. The van der Waals surface area contributed by atoms with E-state index in [9.17, 15) is 26.0 Å². The van der Waals surface area contributed by atoms with Crippen molar-refractivity contribution < 1.29 is 26.0 Å². The minimum absolute atomic E-state index is 0.00880. The van der Waals surface area contributed by atoms with E-state index in [0.29, 0.717) is 28.2 Å². The van der Waals surface area contributed by atoms with Gasteiger partial charge in [-0.25, -0.2) is 26.2 Å². The van der Waals surface area contributed by atoms with Gasteiger partial charge in [0.25, 0.3) is 0 Å². The molecule has 0 aliphatic carbocycles. The molecule has 170 valence electrons. The first kappa shape index (κ1) is 22.8. The first-order chi connectivity index (χ1) is 15.0. The molecule has 12 heteroatoms. The van der Waals surface area contributed by atoms with Gasteiger partial charge >= 0.3 is 0 Å². The van der Waals surface area contributed by atoms with E-state index in [2.05, 4.69) is 10.3 Å². The van der Waals surface area contributed by atoms with Crippen LogP contribution < -0.4 is 5.32 Å². The van der Waals surface area contributed by atoms with Crippen molar-refractivity contribution in [2.75, 3.05) is 24.7 Å². The smallest absolute Gasteiger partial charge is 0.243 e. The van der Waals surface area contributed by atoms with Gasteiger partial charge < -0.3 is 5.32 Å². The molecule has 2 heterocycles. The second-order valence-corrected chi connectivity index (χ2v) is 12.5. The zero-order chi connectivity index (χ0) is 23.1. The third-order valence-corrected chi connectivity index (χ3v) is 9.27. The quantitative estimate of drug-likeness (QED) is 0.580. The fraction of sp³-hybridized carbons (Fsp3) is 0.300. The van der Waals surface area contributed by atoms with Gasteiger partial charge in [0, 0.05) is 25.3 Å². The monoisotopic (exact) mass is 497 g/mol. The lowest BCUT2D eigenvalue weighted by molar-refractivity contribution is -0.120. The Morgan fingerprint density at radius 2 is 1.69 bits per heavy atom. The number of fused-ring (bicyclic) bond motifs is 1. The Bertz CT molecular complexity index is 1380. The maximum absolute atomic E-state index is 13.3. The molecule has 1 amide bonds. The summed E-state index contributed by atoms with van der Waals surface area (Å²) in [6, 6.07) is 9.30. The lowest BCUT2D eigenvalue weighted by Gasteiger charge is -2.30. The summed E-state index contributed by atoms with van der Waals surface area (Å²) in [4.78, 5) is 17.0. The number of anilines is 1. The summed E-state index contributed by atoms with van der Waals surface area (Å²) in [5.41, 5.74) is 0.592. The number of amides is 1. The van der Waals surface area contributed by atoms with Gasteiger partial charge in [0.05, 0.1) is 20.0 Å². The number of nitrogens with one attached hydrogen (secondary N) is 1. The molecule has 0 atom stereocenters. The lowest BCUT2D eigenvalue weighted by Crippen LogP contribution is -2.41. The summed E-state index contributed by atoms with van der Waals surface area (Å²) in [7, 11) is -7.21. The van der Waals surface area contributed by atoms with Crippen molar-refractivity contribution in [2.24, 2.45) is 5.92 Å². The normalized spacial score (nSPS) is 16.3. The maximum atomic E-state index is 13.3. The van der Waals surface area contributed by atoms with Crippen LogP contribution in [-0.2, 0) is 24.7 Å². The summed E-state index contributed by atoms with van der Waals surface area (Å²) in [6.07, 6.45) is 1.73. The van der Waals surface area contributed by atoms with Gasteiger partial charge in [0.2, 0.25) is 15.9 Å². The highest BCUT2D eigenvalue weighted by molar-refractivity contribution is 7.90. The molecule has 1 N–H and O–H groups in total. The van der Waals surface area contributed by atoms with Crippen LogP contribution in [0.5, 0.6) is 0 Å². The molecule has 0 unspecified atom stereocenters. The first-order valence-corrected chi connectivity index (χ1v) is 13.9. The molecule has 1 aromatic heterocycles. The third-order valence-electron chi connectivity index (χ3n) is 5.29. The molecule has 1 aliphatic heterocycles. The van der Waals surface area contributed by atoms with Gasteiger partial charge in [0.1, 0.15) is 5.82 Å². The fourth-order valence-electron chi connectivity index (χ4n) is 3.53. The number of hydrogen-bond donors (Lipinski definition) is 1. The predicted molar refractivity (Wildman–Crippen MR) is 119 cm³/mol. The molecule has 0 saturated carbocycles. The number of halogens is 1. The van der Waals surface area contributed by atoms with Crippen LogP contribution in [0.25, 0.3) is 10.2 Å². The Balaban J connectivity index is 1.39. The molecule has 0 radical (unpaired) electrons.